The largest absolute Gasteiger partial charge is 0.495 e. The average Bonchev–Trinajstić information content (AvgIpc) is 3.37. The summed E-state index contributed by atoms with van der Waals surface area (Å²) in [4.78, 5) is 33.9. The van der Waals surface area contributed by atoms with Gasteiger partial charge in [0.15, 0.2) is 0 Å². The Hall–Kier alpha value is -3.15. The molecule has 34 heavy (non-hydrogen) atoms. The van der Waals surface area contributed by atoms with Crippen molar-refractivity contribution < 1.29 is 9.53 Å². The van der Waals surface area contributed by atoms with Crippen LogP contribution in [0.4, 0.5) is 0 Å². The Bertz CT molecular complexity index is 1230. The van der Waals surface area contributed by atoms with Gasteiger partial charge in [-0.15, -0.1) is 0 Å². The number of para-hydroxylation sites is 1. The minimum absolute atomic E-state index is 0.118. The Morgan fingerprint density at radius 3 is 2.65 bits per heavy atom. The maximum Gasteiger partial charge on any atom is 0.266 e. The minimum atomic E-state index is -0.372. The highest BCUT2D eigenvalue weighted by Crippen LogP contribution is 2.31. The molecule has 1 aliphatic rings. The lowest BCUT2D eigenvalue weighted by molar-refractivity contribution is -0.133. The predicted molar refractivity (Wildman–Crippen MR) is 136 cm³/mol. The molecule has 0 saturated heterocycles. The van der Waals surface area contributed by atoms with Gasteiger partial charge in [-0.1, -0.05) is 43.9 Å². The highest BCUT2D eigenvalue weighted by Gasteiger charge is 2.27. The number of aromatic nitrogens is 2. The number of carbonyl (C=O) groups excluding carboxylic acids is 1. The first kappa shape index (κ1) is 24.0. The predicted octanol–water partition coefficient (Wildman–Crippen LogP) is 5.58. The van der Waals surface area contributed by atoms with E-state index >= 15 is 0 Å². The van der Waals surface area contributed by atoms with Crippen LogP contribution >= 0.6 is 0 Å². The zero-order chi connectivity index (χ0) is 24.2. The normalized spacial score (nSPS) is 14.9. The van der Waals surface area contributed by atoms with Crippen molar-refractivity contribution in [3.05, 3.63) is 64.2 Å². The number of amides is 1. The smallest absolute Gasteiger partial charge is 0.266 e. The van der Waals surface area contributed by atoms with Crippen LogP contribution in [-0.4, -0.2) is 34.0 Å². The first-order chi connectivity index (χ1) is 16.4. The standard InChI is InChI=1S/C28H35N3O3/c1-5-30(26(32)17-15-21-10-6-7-11-21)20(3)27-29-23-13-9-8-12-22(23)28(33)31(27)24-18-19(2)14-16-25(24)34-4/h8-9,12-14,16,18,20-21H,5-7,10-11,15,17H2,1-4H3. The topological polar surface area (TPSA) is 64.4 Å². The second kappa shape index (κ2) is 10.4. The molecule has 0 aliphatic heterocycles. The van der Waals surface area contributed by atoms with E-state index in [0.717, 1.165) is 12.0 Å². The van der Waals surface area contributed by atoms with E-state index < -0.39 is 0 Å². The van der Waals surface area contributed by atoms with Gasteiger partial charge in [0, 0.05) is 13.0 Å². The Morgan fingerprint density at radius 1 is 1.21 bits per heavy atom. The Labute approximate surface area is 201 Å². The molecule has 1 amide bonds. The molecule has 1 unspecified atom stereocenters. The summed E-state index contributed by atoms with van der Waals surface area (Å²) in [7, 11) is 1.60. The summed E-state index contributed by atoms with van der Waals surface area (Å²) in [5, 5.41) is 0.539. The van der Waals surface area contributed by atoms with Crippen LogP contribution in [0.25, 0.3) is 16.6 Å². The molecule has 1 aromatic heterocycles. The molecule has 3 aromatic rings. The van der Waals surface area contributed by atoms with Crippen molar-refractivity contribution in [1.29, 1.82) is 0 Å². The zero-order valence-corrected chi connectivity index (χ0v) is 20.7. The van der Waals surface area contributed by atoms with E-state index in [-0.39, 0.29) is 17.5 Å². The molecular formula is C28H35N3O3. The number of fused-ring (bicyclic) bond motifs is 1. The van der Waals surface area contributed by atoms with E-state index in [0.29, 0.717) is 47.0 Å². The molecule has 1 aliphatic carbocycles. The molecule has 1 atom stereocenters. The lowest BCUT2D eigenvalue weighted by Crippen LogP contribution is -2.37. The van der Waals surface area contributed by atoms with E-state index in [9.17, 15) is 9.59 Å². The van der Waals surface area contributed by atoms with Crippen LogP contribution in [0.1, 0.15) is 69.8 Å². The molecule has 0 radical (unpaired) electrons. The van der Waals surface area contributed by atoms with Crippen LogP contribution in [0.2, 0.25) is 0 Å². The Kier molecular flexibility index (Phi) is 7.35. The van der Waals surface area contributed by atoms with Crippen LogP contribution in [0.15, 0.2) is 47.3 Å². The number of benzene rings is 2. The minimum Gasteiger partial charge on any atom is -0.495 e. The molecule has 0 spiro atoms. The van der Waals surface area contributed by atoms with Crippen molar-refractivity contribution in [2.24, 2.45) is 5.92 Å². The SMILES string of the molecule is CCN(C(=O)CCC1CCCC1)C(C)c1nc2ccccc2c(=O)n1-c1cc(C)ccc1OC. The van der Waals surface area contributed by atoms with Crippen molar-refractivity contribution in [3.8, 4) is 11.4 Å². The van der Waals surface area contributed by atoms with E-state index in [1.54, 1.807) is 17.7 Å². The molecule has 0 bridgehead atoms. The lowest BCUT2D eigenvalue weighted by atomic mass is 10.0. The Balaban J connectivity index is 1.80. The molecule has 4 rings (SSSR count). The van der Waals surface area contributed by atoms with Gasteiger partial charge >= 0.3 is 0 Å². The highest BCUT2D eigenvalue weighted by molar-refractivity contribution is 5.79. The molecule has 2 aromatic carbocycles. The van der Waals surface area contributed by atoms with E-state index in [1.807, 2.05) is 62.1 Å². The molecule has 6 nitrogen and oxygen atoms in total. The van der Waals surface area contributed by atoms with E-state index in [1.165, 1.54) is 25.7 Å². The van der Waals surface area contributed by atoms with Crippen LogP contribution in [0.5, 0.6) is 5.75 Å². The lowest BCUT2D eigenvalue weighted by Gasteiger charge is -2.30. The number of ether oxygens (including phenoxy) is 1. The van der Waals surface area contributed by atoms with Gasteiger partial charge in [0.1, 0.15) is 11.6 Å². The quantitative estimate of drug-likeness (QED) is 0.439. The van der Waals surface area contributed by atoms with Gasteiger partial charge in [-0.05, 0) is 62.9 Å². The van der Waals surface area contributed by atoms with Gasteiger partial charge in [0.05, 0.1) is 29.7 Å². The summed E-state index contributed by atoms with van der Waals surface area (Å²) in [5.74, 6) is 1.91. The number of nitrogens with zero attached hydrogens (tertiary/aromatic N) is 3. The number of hydrogen-bond acceptors (Lipinski definition) is 4. The maximum absolute atomic E-state index is 13.8. The van der Waals surface area contributed by atoms with Crippen molar-refractivity contribution in [2.75, 3.05) is 13.7 Å². The van der Waals surface area contributed by atoms with Crippen LogP contribution in [0, 0.1) is 12.8 Å². The van der Waals surface area contributed by atoms with Crippen LogP contribution in [0.3, 0.4) is 0 Å². The summed E-state index contributed by atoms with van der Waals surface area (Å²) in [6, 6.07) is 12.8. The number of rotatable bonds is 8. The molecule has 1 heterocycles. The van der Waals surface area contributed by atoms with Crippen molar-refractivity contribution in [1.82, 2.24) is 14.5 Å². The fourth-order valence-corrected chi connectivity index (χ4v) is 5.21. The molecule has 180 valence electrons. The van der Waals surface area contributed by atoms with Crippen molar-refractivity contribution in [2.45, 2.75) is 65.3 Å². The van der Waals surface area contributed by atoms with Gasteiger partial charge in [-0.3, -0.25) is 14.2 Å². The van der Waals surface area contributed by atoms with Crippen LogP contribution in [-0.2, 0) is 4.79 Å². The maximum atomic E-state index is 13.8. The molecule has 1 fully saturated rings. The Morgan fingerprint density at radius 2 is 1.94 bits per heavy atom. The van der Waals surface area contributed by atoms with Gasteiger partial charge in [0.2, 0.25) is 5.91 Å². The third-order valence-corrected chi connectivity index (χ3v) is 7.12. The first-order valence-electron chi connectivity index (χ1n) is 12.4. The van der Waals surface area contributed by atoms with Gasteiger partial charge in [0.25, 0.3) is 5.56 Å². The van der Waals surface area contributed by atoms with Crippen molar-refractivity contribution >= 4 is 16.8 Å². The van der Waals surface area contributed by atoms with E-state index in [4.69, 9.17) is 9.72 Å². The zero-order valence-electron chi connectivity index (χ0n) is 20.7. The molecule has 0 N–H and O–H groups in total. The summed E-state index contributed by atoms with van der Waals surface area (Å²) < 4.78 is 7.25. The summed E-state index contributed by atoms with van der Waals surface area (Å²) in [5.41, 5.74) is 2.12. The third kappa shape index (κ3) is 4.72. The first-order valence-corrected chi connectivity index (χ1v) is 12.4. The molecular weight excluding hydrogens is 426 g/mol. The molecule has 6 heteroatoms. The summed E-state index contributed by atoms with van der Waals surface area (Å²) in [6.07, 6.45) is 6.48. The average molecular weight is 462 g/mol. The van der Waals surface area contributed by atoms with Crippen LogP contribution < -0.4 is 10.3 Å². The summed E-state index contributed by atoms with van der Waals surface area (Å²) >= 11 is 0. The number of carbonyl (C=O) groups is 1. The van der Waals surface area contributed by atoms with Gasteiger partial charge in [-0.2, -0.15) is 0 Å². The monoisotopic (exact) mass is 461 g/mol. The summed E-state index contributed by atoms with van der Waals surface area (Å²) in [6.45, 7) is 6.49. The fourth-order valence-electron chi connectivity index (χ4n) is 5.21. The number of methoxy groups -OCH3 is 1. The van der Waals surface area contributed by atoms with Gasteiger partial charge < -0.3 is 9.64 Å². The third-order valence-electron chi connectivity index (χ3n) is 7.12. The number of aryl methyl sites for hydroxylation is 1. The second-order valence-electron chi connectivity index (χ2n) is 9.35. The fraction of sp³-hybridized carbons (Fsp3) is 0.464. The van der Waals surface area contributed by atoms with E-state index in [2.05, 4.69) is 0 Å². The highest BCUT2D eigenvalue weighted by atomic mass is 16.5. The van der Waals surface area contributed by atoms with Gasteiger partial charge in [-0.25, -0.2) is 4.98 Å². The number of hydrogen-bond donors (Lipinski definition) is 0. The van der Waals surface area contributed by atoms with Crippen molar-refractivity contribution in [3.63, 3.8) is 0 Å². The molecule has 1 saturated carbocycles. The second-order valence-corrected chi connectivity index (χ2v) is 9.35.